The van der Waals surface area contributed by atoms with Gasteiger partial charge in [0, 0.05) is 44.5 Å². The molecule has 1 atom stereocenters. The maximum atomic E-state index is 4.48. The molecule has 0 aliphatic heterocycles. The first kappa shape index (κ1) is 19.5. The third kappa shape index (κ3) is 6.60. The minimum atomic E-state index is 0.140. The molecule has 0 radical (unpaired) electrons. The Balaban J connectivity index is 2.46. The fourth-order valence-electron chi connectivity index (χ4n) is 2.52. The number of rotatable bonds is 6. The fourth-order valence-corrected chi connectivity index (χ4v) is 2.52. The van der Waals surface area contributed by atoms with E-state index in [1.807, 2.05) is 11.7 Å². The average molecular weight is 323 g/mol. The number of nitrogens with one attached hydrogen (secondary N) is 3. The summed E-state index contributed by atoms with van der Waals surface area (Å²) < 4.78 is 1.95. The lowest BCUT2D eigenvalue weighted by molar-refractivity contribution is 0.428. The number of guanidine groups is 1. The molecule has 0 amide bonds. The van der Waals surface area contributed by atoms with Crippen molar-refractivity contribution in [3.05, 3.63) is 17.0 Å². The molecule has 0 saturated carbocycles. The number of nitrogens with zero attached hydrogens (tertiary/aromatic N) is 3. The lowest BCUT2D eigenvalue weighted by Gasteiger charge is -2.22. The Morgan fingerprint density at radius 2 is 1.91 bits per heavy atom. The standard InChI is InChI=1S/C17H34N6/c1-12(11-15-13(2)22-23(8)14(15)3)21-16(18-7)19-9-10-20-17(4,5)6/h12,20H,9-11H2,1-8H3,(H2,18,19,21). The summed E-state index contributed by atoms with van der Waals surface area (Å²) in [5.41, 5.74) is 3.79. The Morgan fingerprint density at radius 3 is 2.39 bits per heavy atom. The van der Waals surface area contributed by atoms with E-state index < -0.39 is 0 Å². The number of hydrogen-bond acceptors (Lipinski definition) is 3. The van der Waals surface area contributed by atoms with Crippen LogP contribution in [0.5, 0.6) is 0 Å². The monoisotopic (exact) mass is 322 g/mol. The van der Waals surface area contributed by atoms with Gasteiger partial charge < -0.3 is 16.0 Å². The molecule has 1 unspecified atom stereocenters. The first-order valence-electron chi connectivity index (χ1n) is 8.35. The van der Waals surface area contributed by atoms with Crippen LogP contribution in [0.1, 0.15) is 44.6 Å². The van der Waals surface area contributed by atoms with Gasteiger partial charge in [-0.25, -0.2) is 0 Å². The number of aliphatic imine (C=N–C) groups is 1. The molecule has 1 heterocycles. The fraction of sp³-hybridized carbons (Fsp3) is 0.765. The average Bonchev–Trinajstić information content (AvgIpc) is 2.67. The highest BCUT2D eigenvalue weighted by Gasteiger charge is 2.14. The van der Waals surface area contributed by atoms with Crippen molar-refractivity contribution in [2.75, 3.05) is 20.1 Å². The highest BCUT2D eigenvalue weighted by molar-refractivity contribution is 5.79. The summed E-state index contributed by atoms with van der Waals surface area (Å²) in [7, 11) is 3.80. The largest absolute Gasteiger partial charge is 0.355 e. The molecule has 132 valence electrons. The first-order chi connectivity index (χ1) is 10.6. The van der Waals surface area contributed by atoms with Crippen molar-refractivity contribution in [2.24, 2.45) is 12.0 Å². The Labute approximate surface area is 141 Å². The van der Waals surface area contributed by atoms with Gasteiger partial charge in [-0.05, 0) is 53.5 Å². The van der Waals surface area contributed by atoms with Gasteiger partial charge in [0.2, 0.25) is 0 Å². The van der Waals surface area contributed by atoms with Gasteiger partial charge >= 0.3 is 0 Å². The lowest BCUT2D eigenvalue weighted by atomic mass is 10.1. The van der Waals surface area contributed by atoms with Crippen molar-refractivity contribution >= 4 is 5.96 Å². The predicted molar refractivity (Wildman–Crippen MR) is 98.1 cm³/mol. The molecule has 0 aliphatic rings. The van der Waals surface area contributed by atoms with Gasteiger partial charge in [0.05, 0.1) is 5.69 Å². The molecule has 0 spiro atoms. The molecule has 0 aromatic carbocycles. The minimum Gasteiger partial charge on any atom is -0.355 e. The summed E-state index contributed by atoms with van der Waals surface area (Å²) in [5.74, 6) is 0.840. The third-order valence-electron chi connectivity index (χ3n) is 3.85. The molecule has 1 aromatic heterocycles. The SMILES string of the molecule is CN=C(NCCNC(C)(C)C)NC(C)Cc1c(C)nn(C)c1C. The summed E-state index contributed by atoms with van der Waals surface area (Å²) in [6, 6.07) is 0.290. The molecule has 0 aliphatic carbocycles. The van der Waals surface area contributed by atoms with Crippen molar-refractivity contribution in [1.29, 1.82) is 0 Å². The topological polar surface area (TPSA) is 66.3 Å². The minimum absolute atomic E-state index is 0.140. The summed E-state index contributed by atoms with van der Waals surface area (Å²) in [6.45, 7) is 14.6. The van der Waals surface area contributed by atoms with E-state index >= 15 is 0 Å². The van der Waals surface area contributed by atoms with Crippen LogP contribution in [0.15, 0.2) is 4.99 Å². The highest BCUT2D eigenvalue weighted by atomic mass is 15.3. The molecule has 6 nitrogen and oxygen atoms in total. The second-order valence-electron chi connectivity index (χ2n) is 7.20. The molecular weight excluding hydrogens is 288 g/mol. The van der Waals surface area contributed by atoms with Crippen LogP contribution in [0.4, 0.5) is 0 Å². The van der Waals surface area contributed by atoms with E-state index in [1.54, 1.807) is 7.05 Å². The van der Waals surface area contributed by atoms with Crippen LogP contribution in [0.3, 0.4) is 0 Å². The van der Waals surface area contributed by atoms with E-state index in [-0.39, 0.29) is 5.54 Å². The van der Waals surface area contributed by atoms with E-state index in [1.165, 1.54) is 11.3 Å². The van der Waals surface area contributed by atoms with E-state index in [0.29, 0.717) is 6.04 Å². The Morgan fingerprint density at radius 1 is 1.26 bits per heavy atom. The zero-order chi connectivity index (χ0) is 17.6. The molecule has 0 saturated heterocycles. The molecule has 23 heavy (non-hydrogen) atoms. The van der Waals surface area contributed by atoms with E-state index in [4.69, 9.17) is 0 Å². The molecular formula is C17H34N6. The summed E-state index contributed by atoms with van der Waals surface area (Å²) >= 11 is 0. The van der Waals surface area contributed by atoms with Crippen LogP contribution in [0.2, 0.25) is 0 Å². The first-order valence-corrected chi connectivity index (χ1v) is 8.35. The Hall–Kier alpha value is -1.56. The van der Waals surface area contributed by atoms with Gasteiger partial charge in [0.15, 0.2) is 5.96 Å². The maximum Gasteiger partial charge on any atom is 0.191 e. The van der Waals surface area contributed by atoms with E-state index in [0.717, 1.165) is 31.2 Å². The van der Waals surface area contributed by atoms with Crippen molar-refractivity contribution in [3.63, 3.8) is 0 Å². The number of aryl methyl sites for hydroxylation is 2. The molecule has 3 N–H and O–H groups in total. The number of aromatic nitrogens is 2. The third-order valence-corrected chi connectivity index (χ3v) is 3.85. The second-order valence-corrected chi connectivity index (χ2v) is 7.20. The molecule has 0 bridgehead atoms. The maximum absolute atomic E-state index is 4.48. The van der Waals surface area contributed by atoms with E-state index in [9.17, 15) is 0 Å². The summed E-state index contributed by atoms with van der Waals surface area (Å²) in [4.78, 5) is 4.30. The van der Waals surface area contributed by atoms with Gasteiger partial charge in [0.25, 0.3) is 0 Å². The van der Waals surface area contributed by atoms with E-state index in [2.05, 4.69) is 67.6 Å². The van der Waals surface area contributed by atoms with Crippen molar-refractivity contribution in [1.82, 2.24) is 25.7 Å². The highest BCUT2D eigenvalue weighted by Crippen LogP contribution is 2.14. The van der Waals surface area contributed by atoms with Gasteiger partial charge in [-0.3, -0.25) is 9.67 Å². The van der Waals surface area contributed by atoms with Gasteiger partial charge in [-0.15, -0.1) is 0 Å². The molecule has 0 fully saturated rings. The quantitative estimate of drug-likeness (QED) is 0.422. The summed E-state index contributed by atoms with van der Waals surface area (Å²) in [5, 5.41) is 14.7. The van der Waals surface area contributed by atoms with Gasteiger partial charge in [-0.1, -0.05) is 0 Å². The van der Waals surface area contributed by atoms with Crippen molar-refractivity contribution < 1.29 is 0 Å². The smallest absolute Gasteiger partial charge is 0.191 e. The molecule has 1 aromatic rings. The van der Waals surface area contributed by atoms with Crippen LogP contribution in [0.25, 0.3) is 0 Å². The van der Waals surface area contributed by atoms with Gasteiger partial charge in [-0.2, -0.15) is 5.10 Å². The van der Waals surface area contributed by atoms with Crippen molar-refractivity contribution in [3.8, 4) is 0 Å². The predicted octanol–water partition coefficient (Wildman–Crippen LogP) is 1.52. The zero-order valence-corrected chi connectivity index (χ0v) is 16.0. The zero-order valence-electron chi connectivity index (χ0n) is 16.0. The van der Waals surface area contributed by atoms with Gasteiger partial charge in [0.1, 0.15) is 0 Å². The van der Waals surface area contributed by atoms with Crippen molar-refractivity contribution in [2.45, 2.75) is 59.5 Å². The molecule has 1 rings (SSSR count). The number of hydrogen-bond donors (Lipinski definition) is 3. The van der Waals surface area contributed by atoms with Crippen LogP contribution in [-0.2, 0) is 13.5 Å². The normalized spacial score (nSPS) is 14.0. The second kappa shape index (κ2) is 8.34. The van der Waals surface area contributed by atoms with Crippen LogP contribution in [0, 0.1) is 13.8 Å². The Kier molecular flexibility index (Phi) is 7.06. The summed E-state index contributed by atoms with van der Waals surface area (Å²) in [6.07, 6.45) is 0.937. The van der Waals surface area contributed by atoms with Crippen LogP contribution in [-0.4, -0.2) is 47.5 Å². The Bertz CT molecular complexity index is 524. The van der Waals surface area contributed by atoms with Crippen LogP contribution < -0.4 is 16.0 Å². The van der Waals surface area contributed by atoms with Crippen LogP contribution >= 0.6 is 0 Å². The lowest BCUT2D eigenvalue weighted by Crippen LogP contribution is -2.47. The molecule has 6 heteroatoms.